The third kappa shape index (κ3) is 4.43. The van der Waals surface area contributed by atoms with Crippen LogP contribution < -0.4 is 5.32 Å². The van der Waals surface area contributed by atoms with Crippen LogP contribution in [0.25, 0.3) is 11.5 Å². The van der Waals surface area contributed by atoms with Gasteiger partial charge in [0.1, 0.15) is 0 Å². The second kappa shape index (κ2) is 7.60. The van der Waals surface area contributed by atoms with E-state index in [2.05, 4.69) is 15.5 Å². The number of amides is 1. The van der Waals surface area contributed by atoms with Crippen LogP contribution in [-0.2, 0) is 11.3 Å². The van der Waals surface area contributed by atoms with Gasteiger partial charge in [0.2, 0.25) is 11.8 Å². The van der Waals surface area contributed by atoms with Crippen LogP contribution >= 0.6 is 11.8 Å². The molecule has 0 saturated heterocycles. The minimum absolute atomic E-state index is 0.0710. The molecule has 3 rings (SSSR count). The van der Waals surface area contributed by atoms with Gasteiger partial charge >= 0.3 is 0 Å². The Labute approximate surface area is 138 Å². The fourth-order valence-corrected chi connectivity index (χ4v) is 2.53. The largest absolute Gasteiger partial charge is 0.411 e. The zero-order valence-electron chi connectivity index (χ0n) is 12.3. The van der Waals surface area contributed by atoms with Gasteiger partial charge in [0, 0.05) is 12.1 Å². The molecule has 1 amide bonds. The molecule has 0 fully saturated rings. The molecule has 1 heterocycles. The van der Waals surface area contributed by atoms with Crippen LogP contribution in [0.3, 0.4) is 0 Å². The topological polar surface area (TPSA) is 68.0 Å². The smallest absolute Gasteiger partial charge is 0.277 e. The maximum Gasteiger partial charge on any atom is 0.277 e. The van der Waals surface area contributed by atoms with Crippen molar-refractivity contribution in [1.29, 1.82) is 0 Å². The number of hydrogen-bond acceptors (Lipinski definition) is 5. The normalized spacial score (nSPS) is 10.4. The van der Waals surface area contributed by atoms with Crippen molar-refractivity contribution in [2.75, 3.05) is 5.75 Å². The Balaban J connectivity index is 1.49. The molecular formula is C17H15N3O2S. The maximum absolute atomic E-state index is 11.8. The fraction of sp³-hybridized carbons (Fsp3) is 0.118. The lowest BCUT2D eigenvalue weighted by Crippen LogP contribution is -2.24. The van der Waals surface area contributed by atoms with Gasteiger partial charge in [0.05, 0.1) is 5.75 Å². The van der Waals surface area contributed by atoms with Gasteiger partial charge in [-0.3, -0.25) is 4.79 Å². The zero-order valence-corrected chi connectivity index (χ0v) is 13.1. The van der Waals surface area contributed by atoms with Crippen molar-refractivity contribution in [3.63, 3.8) is 0 Å². The molecule has 116 valence electrons. The molecule has 0 saturated carbocycles. The van der Waals surface area contributed by atoms with Crippen molar-refractivity contribution < 1.29 is 9.21 Å². The summed E-state index contributed by atoms with van der Waals surface area (Å²) in [5, 5.41) is 11.2. The summed E-state index contributed by atoms with van der Waals surface area (Å²) in [7, 11) is 0. The third-order valence-corrected chi connectivity index (χ3v) is 3.90. The van der Waals surface area contributed by atoms with Crippen LogP contribution in [-0.4, -0.2) is 21.9 Å². The van der Waals surface area contributed by atoms with Crippen LogP contribution in [0.5, 0.6) is 0 Å². The molecule has 0 spiro atoms. The van der Waals surface area contributed by atoms with Crippen LogP contribution in [0.1, 0.15) is 5.56 Å². The van der Waals surface area contributed by atoms with E-state index in [1.165, 1.54) is 11.8 Å². The molecule has 2 aromatic carbocycles. The monoisotopic (exact) mass is 325 g/mol. The van der Waals surface area contributed by atoms with Crippen molar-refractivity contribution in [1.82, 2.24) is 15.5 Å². The highest BCUT2D eigenvalue weighted by molar-refractivity contribution is 7.99. The second-order valence-electron chi connectivity index (χ2n) is 4.79. The molecule has 0 atom stereocenters. The number of hydrogen-bond donors (Lipinski definition) is 1. The standard InChI is InChI=1S/C17H15N3O2S/c21-15(18-11-13-7-3-1-4-8-13)12-23-17-20-19-16(22-17)14-9-5-2-6-10-14/h1-10H,11-12H2,(H,18,21). The summed E-state index contributed by atoms with van der Waals surface area (Å²) in [5.74, 6) is 0.625. The van der Waals surface area contributed by atoms with E-state index in [1.807, 2.05) is 60.7 Å². The number of carbonyl (C=O) groups excluding carboxylic acids is 1. The lowest BCUT2D eigenvalue weighted by atomic mass is 10.2. The van der Waals surface area contributed by atoms with Crippen LogP contribution in [0.4, 0.5) is 0 Å². The minimum atomic E-state index is -0.0710. The van der Waals surface area contributed by atoms with Crippen LogP contribution in [0.15, 0.2) is 70.3 Å². The Morgan fingerprint density at radius 2 is 1.70 bits per heavy atom. The Morgan fingerprint density at radius 1 is 1.00 bits per heavy atom. The van der Waals surface area contributed by atoms with E-state index in [0.29, 0.717) is 17.7 Å². The SMILES string of the molecule is O=C(CSc1nnc(-c2ccccc2)o1)NCc1ccccc1. The Kier molecular flexibility index (Phi) is 5.06. The highest BCUT2D eigenvalue weighted by atomic mass is 32.2. The number of nitrogens with one attached hydrogen (secondary N) is 1. The highest BCUT2D eigenvalue weighted by Gasteiger charge is 2.10. The van der Waals surface area contributed by atoms with E-state index in [0.717, 1.165) is 11.1 Å². The molecular weight excluding hydrogens is 310 g/mol. The van der Waals surface area contributed by atoms with Gasteiger partial charge < -0.3 is 9.73 Å². The van der Waals surface area contributed by atoms with Crippen LogP contribution in [0.2, 0.25) is 0 Å². The van der Waals surface area contributed by atoms with Gasteiger partial charge in [-0.2, -0.15) is 0 Å². The first-order valence-corrected chi connectivity index (χ1v) is 8.12. The lowest BCUT2D eigenvalue weighted by molar-refractivity contribution is -0.118. The minimum Gasteiger partial charge on any atom is -0.411 e. The van der Waals surface area contributed by atoms with Crippen molar-refractivity contribution in [3.05, 3.63) is 66.2 Å². The first kappa shape index (κ1) is 15.3. The summed E-state index contributed by atoms with van der Waals surface area (Å²) < 4.78 is 5.54. The van der Waals surface area contributed by atoms with Crippen molar-refractivity contribution in [2.45, 2.75) is 11.8 Å². The lowest BCUT2D eigenvalue weighted by Gasteiger charge is -2.03. The average Bonchev–Trinajstić information content (AvgIpc) is 3.09. The molecule has 5 nitrogen and oxygen atoms in total. The van der Waals surface area contributed by atoms with Gasteiger partial charge in [0.15, 0.2) is 0 Å². The summed E-state index contributed by atoms with van der Waals surface area (Å²) in [5.41, 5.74) is 1.93. The molecule has 1 N–H and O–H groups in total. The van der Waals surface area contributed by atoms with Gasteiger partial charge in [-0.15, -0.1) is 10.2 Å². The molecule has 0 aliphatic rings. The summed E-state index contributed by atoms with van der Waals surface area (Å²) >= 11 is 1.23. The van der Waals surface area contributed by atoms with E-state index in [4.69, 9.17) is 4.42 Å². The second-order valence-corrected chi connectivity index (χ2v) is 5.72. The van der Waals surface area contributed by atoms with Crippen LogP contribution in [0, 0.1) is 0 Å². The molecule has 0 bridgehead atoms. The highest BCUT2D eigenvalue weighted by Crippen LogP contribution is 2.22. The third-order valence-electron chi connectivity index (χ3n) is 3.09. The number of carbonyl (C=O) groups is 1. The quantitative estimate of drug-likeness (QED) is 0.705. The zero-order chi connectivity index (χ0) is 15.9. The first-order valence-electron chi connectivity index (χ1n) is 7.13. The Hall–Kier alpha value is -2.60. The van der Waals surface area contributed by atoms with E-state index in [-0.39, 0.29) is 11.7 Å². The van der Waals surface area contributed by atoms with Gasteiger partial charge in [0.25, 0.3) is 5.22 Å². The van der Waals surface area contributed by atoms with Gasteiger partial charge in [-0.1, -0.05) is 60.3 Å². The Morgan fingerprint density at radius 3 is 2.43 bits per heavy atom. The van der Waals surface area contributed by atoms with E-state index < -0.39 is 0 Å². The first-order chi connectivity index (χ1) is 11.3. The molecule has 23 heavy (non-hydrogen) atoms. The van der Waals surface area contributed by atoms with Crippen molar-refractivity contribution >= 4 is 17.7 Å². The Bertz CT molecular complexity index is 760. The summed E-state index contributed by atoms with van der Waals surface area (Å²) in [6, 6.07) is 19.3. The fourth-order valence-electron chi connectivity index (χ4n) is 1.94. The van der Waals surface area contributed by atoms with E-state index in [1.54, 1.807) is 0 Å². The van der Waals surface area contributed by atoms with E-state index >= 15 is 0 Å². The summed E-state index contributed by atoms with van der Waals surface area (Å²) in [6.07, 6.45) is 0. The summed E-state index contributed by atoms with van der Waals surface area (Å²) in [6.45, 7) is 0.513. The van der Waals surface area contributed by atoms with E-state index in [9.17, 15) is 4.79 Å². The molecule has 0 unspecified atom stereocenters. The van der Waals surface area contributed by atoms with Crippen molar-refractivity contribution in [2.24, 2.45) is 0 Å². The average molecular weight is 325 g/mol. The predicted molar refractivity (Wildman–Crippen MR) is 88.7 cm³/mol. The number of rotatable bonds is 6. The van der Waals surface area contributed by atoms with Gasteiger partial charge in [-0.05, 0) is 17.7 Å². The number of thioether (sulfide) groups is 1. The molecule has 0 radical (unpaired) electrons. The predicted octanol–water partition coefficient (Wildman–Crippen LogP) is 3.15. The molecule has 3 aromatic rings. The number of benzene rings is 2. The number of nitrogens with zero attached hydrogens (tertiary/aromatic N) is 2. The molecule has 0 aliphatic carbocycles. The van der Waals surface area contributed by atoms with Crippen molar-refractivity contribution in [3.8, 4) is 11.5 Å². The summed E-state index contributed by atoms with van der Waals surface area (Å²) in [4.78, 5) is 11.8. The molecule has 1 aromatic heterocycles. The molecule has 0 aliphatic heterocycles. The van der Waals surface area contributed by atoms with Gasteiger partial charge in [-0.25, -0.2) is 0 Å². The number of aromatic nitrogens is 2. The molecule has 6 heteroatoms. The maximum atomic E-state index is 11.8.